The largest absolute Gasteiger partial charge is 0.496 e. The Hall–Kier alpha value is -2.80. The van der Waals surface area contributed by atoms with E-state index in [2.05, 4.69) is 9.71 Å². The highest BCUT2D eigenvalue weighted by atomic mass is 32.2. The molecule has 0 aliphatic rings. The zero-order chi connectivity index (χ0) is 18.0. The number of methoxy groups -OCH3 is 2. The highest BCUT2D eigenvalue weighted by Gasteiger charge is 2.22. The minimum Gasteiger partial charge on any atom is -0.496 e. The molecule has 1 N–H and O–H groups in total. The minimum atomic E-state index is -3.87. The van der Waals surface area contributed by atoms with E-state index in [0.29, 0.717) is 11.4 Å². The zero-order valence-corrected chi connectivity index (χ0v) is 14.9. The van der Waals surface area contributed by atoms with Crippen molar-refractivity contribution in [3.8, 4) is 11.5 Å². The second-order valence-electron chi connectivity index (χ2n) is 5.49. The van der Waals surface area contributed by atoms with E-state index in [1.165, 1.54) is 26.5 Å². The summed E-state index contributed by atoms with van der Waals surface area (Å²) in [5.41, 5.74) is 1.95. The molecule has 0 spiro atoms. The molecule has 0 fully saturated rings. The lowest BCUT2D eigenvalue weighted by atomic mass is 10.2. The number of hydrogen-bond donors (Lipinski definition) is 1. The maximum atomic E-state index is 12.8. The predicted molar refractivity (Wildman–Crippen MR) is 96.8 cm³/mol. The number of para-hydroxylation sites is 1. The number of aromatic nitrogens is 1. The number of fused-ring (bicyclic) bond motifs is 1. The summed E-state index contributed by atoms with van der Waals surface area (Å²) in [4.78, 5) is 4.27. The highest BCUT2D eigenvalue weighted by molar-refractivity contribution is 7.92. The van der Waals surface area contributed by atoms with Gasteiger partial charge in [0.2, 0.25) is 0 Å². The first-order valence-corrected chi connectivity index (χ1v) is 9.03. The fourth-order valence-corrected chi connectivity index (χ4v) is 3.77. The van der Waals surface area contributed by atoms with Crippen molar-refractivity contribution in [2.75, 3.05) is 18.9 Å². The summed E-state index contributed by atoms with van der Waals surface area (Å²) >= 11 is 0. The molecule has 0 bridgehead atoms. The quantitative estimate of drug-likeness (QED) is 0.757. The molecule has 0 aliphatic heterocycles. The number of rotatable bonds is 5. The molecule has 6 nitrogen and oxygen atoms in total. The first kappa shape index (κ1) is 17.0. The maximum absolute atomic E-state index is 12.8. The topological polar surface area (TPSA) is 77.5 Å². The number of nitrogens with one attached hydrogen (secondary N) is 1. The number of aryl methyl sites for hydroxylation is 1. The summed E-state index contributed by atoms with van der Waals surface area (Å²) in [6.07, 6.45) is 1.48. The van der Waals surface area contributed by atoms with E-state index >= 15 is 0 Å². The fourth-order valence-electron chi connectivity index (χ4n) is 2.57. The van der Waals surface area contributed by atoms with Crippen LogP contribution in [0.25, 0.3) is 10.9 Å². The van der Waals surface area contributed by atoms with Gasteiger partial charge in [-0.3, -0.25) is 9.71 Å². The molecule has 0 saturated heterocycles. The number of benzene rings is 2. The number of hydrogen-bond acceptors (Lipinski definition) is 5. The van der Waals surface area contributed by atoms with E-state index < -0.39 is 10.0 Å². The summed E-state index contributed by atoms with van der Waals surface area (Å²) in [5, 5.41) is 0.844. The van der Waals surface area contributed by atoms with Crippen LogP contribution in [0.4, 0.5) is 5.69 Å². The molecule has 1 aromatic heterocycles. The molecule has 1 heterocycles. The van der Waals surface area contributed by atoms with Gasteiger partial charge < -0.3 is 9.47 Å². The SMILES string of the molecule is COc1cc(S(=O)(=O)Nc2cnc3ccccc3c2)c(OC)cc1C. The Labute approximate surface area is 146 Å². The van der Waals surface area contributed by atoms with E-state index in [1.807, 2.05) is 31.2 Å². The summed E-state index contributed by atoms with van der Waals surface area (Å²) in [7, 11) is -0.949. The molecule has 0 unspecified atom stereocenters. The van der Waals surface area contributed by atoms with Crippen molar-refractivity contribution in [2.24, 2.45) is 0 Å². The molecule has 25 heavy (non-hydrogen) atoms. The summed E-state index contributed by atoms with van der Waals surface area (Å²) in [5.74, 6) is 0.720. The molecule has 3 aromatic rings. The van der Waals surface area contributed by atoms with Crippen LogP contribution in [0.3, 0.4) is 0 Å². The van der Waals surface area contributed by atoms with Crippen molar-refractivity contribution >= 4 is 26.6 Å². The Bertz CT molecular complexity index is 1030. The molecule has 0 atom stereocenters. The zero-order valence-electron chi connectivity index (χ0n) is 14.1. The Kier molecular flexibility index (Phi) is 4.50. The van der Waals surface area contributed by atoms with Gasteiger partial charge in [-0.2, -0.15) is 0 Å². The Balaban J connectivity index is 2.03. The third kappa shape index (κ3) is 3.36. The maximum Gasteiger partial charge on any atom is 0.265 e. The molecule has 7 heteroatoms. The van der Waals surface area contributed by atoms with Gasteiger partial charge in [0, 0.05) is 11.5 Å². The lowest BCUT2D eigenvalue weighted by molar-refractivity contribution is 0.390. The van der Waals surface area contributed by atoms with E-state index in [0.717, 1.165) is 16.5 Å². The van der Waals surface area contributed by atoms with Gasteiger partial charge in [-0.1, -0.05) is 18.2 Å². The van der Waals surface area contributed by atoms with Gasteiger partial charge in [0.1, 0.15) is 16.4 Å². The number of nitrogens with zero attached hydrogens (tertiary/aromatic N) is 1. The van der Waals surface area contributed by atoms with Gasteiger partial charge in [0.25, 0.3) is 10.0 Å². The van der Waals surface area contributed by atoms with Crippen molar-refractivity contribution < 1.29 is 17.9 Å². The van der Waals surface area contributed by atoms with E-state index in [9.17, 15) is 8.42 Å². The van der Waals surface area contributed by atoms with Crippen LogP contribution in [-0.4, -0.2) is 27.6 Å². The van der Waals surface area contributed by atoms with Gasteiger partial charge in [-0.15, -0.1) is 0 Å². The molecule has 0 radical (unpaired) electrons. The summed E-state index contributed by atoms with van der Waals surface area (Å²) in [6.45, 7) is 1.82. The van der Waals surface area contributed by atoms with Gasteiger partial charge in [0.15, 0.2) is 0 Å². The van der Waals surface area contributed by atoms with Crippen LogP contribution < -0.4 is 14.2 Å². The van der Waals surface area contributed by atoms with Crippen LogP contribution >= 0.6 is 0 Å². The Morgan fingerprint density at radius 2 is 1.72 bits per heavy atom. The van der Waals surface area contributed by atoms with Crippen molar-refractivity contribution in [1.29, 1.82) is 0 Å². The third-order valence-electron chi connectivity index (χ3n) is 3.81. The minimum absolute atomic E-state index is 0.00519. The monoisotopic (exact) mass is 358 g/mol. The highest BCUT2D eigenvalue weighted by Crippen LogP contribution is 2.32. The van der Waals surface area contributed by atoms with E-state index in [4.69, 9.17) is 9.47 Å². The molecular weight excluding hydrogens is 340 g/mol. The van der Waals surface area contributed by atoms with Gasteiger partial charge in [-0.05, 0) is 30.7 Å². The van der Waals surface area contributed by atoms with Crippen LogP contribution in [0.15, 0.2) is 53.6 Å². The first-order valence-electron chi connectivity index (χ1n) is 7.55. The van der Waals surface area contributed by atoms with Gasteiger partial charge in [0.05, 0.1) is 31.6 Å². The normalized spacial score (nSPS) is 11.3. The van der Waals surface area contributed by atoms with Crippen LogP contribution in [-0.2, 0) is 10.0 Å². The standard InChI is InChI=1S/C18H18N2O4S/c1-12-8-17(24-3)18(10-16(12)23-2)25(21,22)20-14-9-13-6-4-5-7-15(13)19-11-14/h4-11,20H,1-3H3. The van der Waals surface area contributed by atoms with Gasteiger partial charge in [-0.25, -0.2) is 8.42 Å². The third-order valence-corrected chi connectivity index (χ3v) is 5.22. The molecule has 0 saturated carbocycles. The van der Waals surface area contributed by atoms with Crippen LogP contribution in [0.1, 0.15) is 5.56 Å². The number of anilines is 1. The smallest absolute Gasteiger partial charge is 0.265 e. The summed E-state index contributed by atoms with van der Waals surface area (Å²) < 4.78 is 38.6. The molecule has 2 aromatic carbocycles. The molecule has 3 rings (SSSR count). The van der Waals surface area contributed by atoms with Gasteiger partial charge >= 0.3 is 0 Å². The van der Waals surface area contributed by atoms with E-state index in [-0.39, 0.29) is 10.6 Å². The summed E-state index contributed by atoms with van der Waals surface area (Å²) in [6, 6.07) is 12.3. The van der Waals surface area contributed by atoms with Crippen LogP contribution in [0.5, 0.6) is 11.5 Å². The number of sulfonamides is 1. The lowest BCUT2D eigenvalue weighted by Gasteiger charge is -2.14. The molecule has 0 aliphatic carbocycles. The number of pyridine rings is 1. The second kappa shape index (κ2) is 6.60. The van der Waals surface area contributed by atoms with Crippen LogP contribution in [0, 0.1) is 6.92 Å². The van der Waals surface area contributed by atoms with Crippen molar-refractivity contribution in [1.82, 2.24) is 4.98 Å². The fraction of sp³-hybridized carbons (Fsp3) is 0.167. The Morgan fingerprint density at radius 3 is 2.44 bits per heavy atom. The predicted octanol–water partition coefficient (Wildman–Crippen LogP) is 3.36. The number of ether oxygens (including phenoxy) is 2. The first-order chi connectivity index (χ1) is 11.9. The van der Waals surface area contributed by atoms with Crippen molar-refractivity contribution in [2.45, 2.75) is 11.8 Å². The van der Waals surface area contributed by atoms with Crippen molar-refractivity contribution in [3.63, 3.8) is 0 Å². The molecular formula is C18H18N2O4S. The molecule has 130 valence electrons. The lowest BCUT2D eigenvalue weighted by Crippen LogP contribution is -2.14. The Morgan fingerprint density at radius 1 is 1.00 bits per heavy atom. The average molecular weight is 358 g/mol. The second-order valence-corrected chi connectivity index (χ2v) is 7.15. The molecule has 0 amide bonds. The average Bonchev–Trinajstić information content (AvgIpc) is 2.60. The van der Waals surface area contributed by atoms with Crippen molar-refractivity contribution in [3.05, 3.63) is 54.2 Å². The van der Waals surface area contributed by atoms with E-state index in [1.54, 1.807) is 12.1 Å². The van der Waals surface area contributed by atoms with Crippen LogP contribution in [0.2, 0.25) is 0 Å².